The predicted octanol–water partition coefficient (Wildman–Crippen LogP) is 1.86. The number of carboxylic acid groups (broad SMARTS) is 1. The fourth-order valence-electron chi connectivity index (χ4n) is 2.04. The van der Waals surface area contributed by atoms with Crippen molar-refractivity contribution < 1.29 is 24.2 Å². The van der Waals surface area contributed by atoms with Crippen LogP contribution in [0.25, 0.3) is 0 Å². The zero-order valence-corrected chi connectivity index (χ0v) is 13.3. The highest BCUT2D eigenvalue weighted by Gasteiger charge is 2.23. The number of urea groups is 1. The first-order valence-corrected chi connectivity index (χ1v) is 7.17. The Kier molecular flexibility index (Phi) is 4.95. The van der Waals surface area contributed by atoms with Gasteiger partial charge in [-0.3, -0.25) is 9.59 Å². The van der Waals surface area contributed by atoms with Crippen molar-refractivity contribution in [3.05, 3.63) is 17.2 Å². The third-order valence-electron chi connectivity index (χ3n) is 3.23. The van der Waals surface area contributed by atoms with Gasteiger partial charge < -0.3 is 25.4 Å². The summed E-state index contributed by atoms with van der Waals surface area (Å²) in [5.41, 5.74) is 0.665. The second kappa shape index (κ2) is 6.74. The molecule has 1 aromatic carbocycles. The van der Waals surface area contributed by atoms with E-state index < -0.39 is 17.9 Å². The number of anilines is 2. The summed E-state index contributed by atoms with van der Waals surface area (Å²) in [5, 5.41) is 14.4. The minimum atomic E-state index is -0.990. The third kappa shape index (κ3) is 4.04. The summed E-state index contributed by atoms with van der Waals surface area (Å²) in [5.74, 6) is -1.70. The fraction of sp³-hybridized carbons (Fsp3) is 0.357. The lowest BCUT2D eigenvalue weighted by Crippen LogP contribution is -2.37. The van der Waals surface area contributed by atoms with E-state index in [9.17, 15) is 14.4 Å². The SMILES string of the molecule is CC(CN(C)C(=O)Nc1cc(Cl)cc2c1OCC(=O)N2)C(=O)O. The van der Waals surface area contributed by atoms with E-state index in [4.69, 9.17) is 21.4 Å². The van der Waals surface area contributed by atoms with Gasteiger partial charge >= 0.3 is 12.0 Å². The monoisotopic (exact) mass is 341 g/mol. The molecule has 8 nitrogen and oxygen atoms in total. The number of hydrogen-bond acceptors (Lipinski definition) is 4. The van der Waals surface area contributed by atoms with Crippen LogP contribution in [0.2, 0.25) is 5.02 Å². The van der Waals surface area contributed by atoms with E-state index in [0.717, 1.165) is 0 Å². The average molecular weight is 342 g/mol. The summed E-state index contributed by atoms with van der Waals surface area (Å²) in [4.78, 5) is 35.6. The van der Waals surface area contributed by atoms with Gasteiger partial charge in [0.05, 0.1) is 17.3 Å². The number of carbonyl (C=O) groups excluding carboxylic acids is 2. The quantitative estimate of drug-likeness (QED) is 0.774. The van der Waals surface area contributed by atoms with Gasteiger partial charge in [0.2, 0.25) is 0 Å². The van der Waals surface area contributed by atoms with E-state index in [1.165, 1.54) is 31.0 Å². The maximum Gasteiger partial charge on any atom is 0.321 e. The average Bonchev–Trinajstić information content (AvgIpc) is 2.46. The summed E-state index contributed by atoms with van der Waals surface area (Å²) >= 11 is 5.97. The van der Waals surface area contributed by atoms with Crippen LogP contribution in [0.5, 0.6) is 5.75 Å². The highest BCUT2D eigenvalue weighted by molar-refractivity contribution is 6.31. The molecule has 1 aliphatic rings. The molecule has 1 heterocycles. The highest BCUT2D eigenvalue weighted by atomic mass is 35.5. The van der Waals surface area contributed by atoms with E-state index in [1.807, 2.05) is 0 Å². The highest BCUT2D eigenvalue weighted by Crippen LogP contribution is 2.38. The second-order valence-corrected chi connectivity index (χ2v) is 5.65. The Balaban J connectivity index is 2.15. The van der Waals surface area contributed by atoms with Crippen molar-refractivity contribution in [2.45, 2.75) is 6.92 Å². The Labute approximate surface area is 137 Å². The van der Waals surface area contributed by atoms with Gasteiger partial charge in [0, 0.05) is 18.6 Å². The third-order valence-corrected chi connectivity index (χ3v) is 3.45. The molecule has 1 aliphatic heterocycles. The van der Waals surface area contributed by atoms with Crippen LogP contribution in [0.15, 0.2) is 12.1 Å². The van der Waals surface area contributed by atoms with E-state index in [1.54, 1.807) is 0 Å². The van der Waals surface area contributed by atoms with Crippen LogP contribution in [0.3, 0.4) is 0 Å². The van der Waals surface area contributed by atoms with Crippen molar-refractivity contribution in [1.82, 2.24) is 4.90 Å². The standard InChI is InChI=1S/C14H16ClN3O5/c1-7(13(20)21)5-18(2)14(22)17-10-4-8(15)3-9-12(10)23-6-11(19)16-9/h3-4,7H,5-6H2,1-2H3,(H,16,19)(H,17,22)(H,20,21). The van der Waals surface area contributed by atoms with Crippen LogP contribution < -0.4 is 15.4 Å². The van der Waals surface area contributed by atoms with Gasteiger partial charge in [-0.15, -0.1) is 0 Å². The molecule has 0 spiro atoms. The lowest BCUT2D eigenvalue weighted by Gasteiger charge is -2.24. The molecule has 0 aliphatic carbocycles. The van der Waals surface area contributed by atoms with Crippen LogP contribution in [0.1, 0.15) is 6.92 Å². The Morgan fingerprint density at radius 3 is 2.87 bits per heavy atom. The molecule has 23 heavy (non-hydrogen) atoms. The summed E-state index contributed by atoms with van der Waals surface area (Å²) < 4.78 is 5.32. The minimum absolute atomic E-state index is 0.0432. The van der Waals surface area contributed by atoms with Crippen LogP contribution in [0, 0.1) is 5.92 Å². The number of fused-ring (bicyclic) bond motifs is 1. The smallest absolute Gasteiger partial charge is 0.321 e. The molecule has 2 rings (SSSR count). The number of benzene rings is 1. The van der Waals surface area contributed by atoms with Crippen molar-refractivity contribution in [1.29, 1.82) is 0 Å². The predicted molar refractivity (Wildman–Crippen MR) is 84.0 cm³/mol. The zero-order chi connectivity index (χ0) is 17.1. The number of aliphatic carboxylic acids is 1. The number of hydrogen-bond donors (Lipinski definition) is 3. The number of carbonyl (C=O) groups is 3. The number of nitrogens with zero attached hydrogens (tertiary/aromatic N) is 1. The lowest BCUT2D eigenvalue weighted by atomic mass is 10.2. The Hall–Kier alpha value is -2.48. The Morgan fingerprint density at radius 1 is 1.52 bits per heavy atom. The largest absolute Gasteiger partial charge is 0.481 e. The van der Waals surface area contributed by atoms with E-state index in [2.05, 4.69) is 10.6 Å². The molecule has 0 fully saturated rings. The van der Waals surface area contributed by atoms with Crippen LogP contribution in [-0.2, 0) is 9.59 Å². The van der Waals surface area contributed by atoms with Crippen molar-refractivity contribution in [3.63, 3.8) is 0 Å². The summed E-state index contributed by atoms with van der Waals surface area (Å²) in [6, 6.07) is 2.49. The maximum absolute atomic E-state index is 12.2. The van der Waals surface area contributed by atoms with Crippen LogP contribution >= 0.6 is 11.6 Å². The fourth-order valence-corrected chi connectivity index (χ4v) is 2.26. The van der Waals surface area contributed by atoms with Gasteiger partial charge in [0.25, 0.3) is 5.91 Å². The molecule has 9 heteroatoms. The van der Waals surface area contributed by atoms with Gasteiger partial charge in [0.15, 0.2) is 12.4 Å². The molecular weight excluding hydrogens is 326 g/mol. The molecule has 3 amide bonds. The van der Waals surface area contributed by atoms with Crippen molar-refractivity contribution in [3.8, 4) is 5.75 Å². The first-order valence-electron chi connectivity index (χ1n) is 6.79. The first-order chi connectivity index (χ1) is 10.8. The maximum atomic E-state index is 12.2. The summed E-state index contributed by atoms with van der Waals surface area (Å²) in [7, 11) is 1.48. The molecule has 1 atom stereocenters. The minimum Gasteiger partial charge on any atom is -0.481 e. The lowest BCUT2D eigenvalue weighted by molar-refractivity contribution is -0.141. The molecule has 1 unspecified atom stereocenters. The van der Waals surface area contributed by atoms with Gasteiger partial charge in [-0.05, 0) is 12.1 Å². The van der Waals surface area contributed by atoms with Crippen molar-refractivity contribution in [2.75, 3.05) is 30.8 Å². The topological polar surface area (TPSA) is 108 Å². The number of rotatable bonds is 4. The number of amides is 3. The van der Waals surface area contributed by atoms with E-state index in [0.29, 0.717) is 22.1 Å². The normalized spacial score (nSPS) is 14.1. The number of nitrogens with one attached hydrogen (secondary N) is 2. The van der Waals surface area contributed by atoms with Crippen molar-refractivity contribution in [2.24, 2.45) is 5.92 Å². The van der Waals surface area contributed by atoms with Crippen LogP contribution in [0.4, 0.5) is 16.2 Å². The van der Waals surface area contributed by atoms with Gasteiger partial charge in [0.1, 0.15) is 0 Å². The Bertz CT molecular complexity index is 664. The Morgan fingerprint density at radius 2 is 2.22 bits per heavy atom. The van der Waals surface area contributed by atoms with E-state index >= 15 is 0 Å². The summed E-state index contributed by atoms with van der Waals surface area (Å²) in [6.07, 6.45) is 0. The summed E-state index contributed by atoms with van der Waals surface area (Å²) in [6.45, 7) is 1.39. The molecular formula is C14H16ClN3O5. The molecule has 0 saturated carbocycles. The first kappa shape index (κ1) is 16.9. The van der Waals surface area contributed by atoms with Gasteiger partial charge in [-0.1, -0.05) is 18.5 Å². The molecule has 0 bridgehead atoms. The molecule has 3 N–H and O–H groups in total. The zero-order valence-electron chi connectivity index (χ0n) is 12.6. The van der Waals surface area contributed by atoms with Gasteiger partial charge in [-0.25, -0.2) is 4.79 Å². The number of ether oxygens (including phenoxy) is 1. The number of carboxylic acids is 1. The molecule has 124 valence electrons. The molecule has 0 saturated heterocycles. The van der Waals surface area contributed by atoms with Crippen LogP contribution in [-0.4, -0.2) is 48.1 Å². The molecule has 0 radical (unpaired) electrons. The van der Waals surface area contributed by atoms with Gasteiger partial charge in [-0.2, -0.15) is 0 Å². The number of halogens is 1. The van der Waals surface area contributed by atoms with E-state index in [-0.39, 0.29) is 19.1 Å². The molecule has 0 aromatic heterocycles. The van der Waals surface area contributed by atoms with Crippen molar-refractivity contribution >= 4 is 40.9 Å². The molecule has 1 aromatic rings. The second-order valence-electron chi connectivity index (χ2n) is 5.22.